The molecule has 2 rings (SSSR count). The molecule has 1 saturated carbocycles. The molecular weight excluding hydrogens is 182 g/mol. The summed E-state index contributed by atoms with van der Waals surface area (Å²) in [6, 6.07) is 0. The third-order valence-electron chi connectivity index (χ3n) is 3.15. The van der Waals surface area contributed by atoms with E-state index >= 15 is 0 Å². The predicted octanol–water partition coefficient (Wildman–Crippen LogP) is 0.303. The van der Waals surface area contributed by atoms with Crippen molar-refractivity contribution in [3.05, 3.63) is 0 Å². The minimum atomic E-state index is -0.0637. The highest BCUT2D eigenvalue weighted by molar-refractivity contribution is 5.73. The van der Waals surface area contributed by atoms with Crippen LogP contribution in [0.15, 0.2) is 0 Å². The van der Waals surface area contributed by atoms with Gasteiger partial charge in [-0.1, -0.05) is 6.42 Å². The summed E-state index contributed by atoms with van der Waals surface area (Å²) < 4.78 is 10.2. The van der Waals surface area contributed by atoms with Crippen LogP contribution in [0.1, 0.15) is 19.3 Å². The Morgan fingerprint density at radius 2 is 2.21 bits per heavy atom. The van der Waals surface area contributed by atoms with Crippen molar-refractivity contribution in [2.45, 2.75) is 25.4 Å². The molecule has 0 aromatic carbocycles. The molecule has 80 valence electrons. The van der Waals surface area contributed by atoms with Crippen LogP contribution in [0.25, 0.3) is 0 Å². The molecule has 1 aliphatic heterocycles. The van der Waals surface area contributed by atoms with Crippen molar-refractivity contribution in [3.63, 3.8) is 0 Å². The van der Waals surface area contributed by atoms with Gasteiger partial charge in [-0.2, -0.15) is 0 Å². The van der Waals surface area contributed by atoms with Crippen molar-refractivity contribution in [1.82, 2.24) is 0 Å². The van der Waals surface area contributed by atoms with Gasteiger partial charge in [0.25, 0.3) is 0 Å². The zero-order chi connectivity index (χ0) is 9.97. The number of carbonyl (C=O) groups excluding carboxylic acids is 1. The van der Waals surface area contributed by atoms with E-state index in [2.05, 4.69) is 0 Å². The quantitative estimate of drug-likeness (QED) is 0.664. The van der Waals surface area contributed by atoms with Crippen molar-refractivity contribution < 1.29 is 14.3 Å². The number of carbonyl (C=O) groups is 1. The van der Waals surface area contributed by atoms with Gasteiger partial charge in [0.15, 0.2) is 0 Å². The van der Waals surface area contributed by atoms with E-state index in [0.717, 1.165) is 19.3 Å². The third-order valence-corrected chi connectivity index (χ3v) is 3.15. The van der Waals surface area contributed by atoms with Crippen LogP contribution >= 0.6 is 0 Å². The second-order valence-electron chi connectivity index (χ2n) is 4.13. The summed E-state index contributed by atoms with van der Waals surface area (Å²) in [4.78, 5) is 11.7. The summed E-state index contributed by atoms with van der Waals surface area (Å²) in [7, 11) is 0. The molecule has 0 radical (unpaired) electrons. The predicted molar refractivity (Wildman–Crippen MR) is 50.6 cm³/mol. The molecule has 2 aliphatic rings. The summed E-state index contributed by atoms with van der Waals surface area (Å²) in [6.45, 7) is 1.72. The maximum atomic E-state index is 11.7. The zero-order valence-corrected chi connectivity index (χ0v) is 8.28. The lowest BCUT2D eigenvalue weighted by Crippen LogP contribution is -2.40. The van der Waals surface area contributed by atoms with Crippen LogP contribution in [0.5, 0.6) is 0 Å². The minimum absolute atomic E-state index is 0.00141. The molecule has 2 unspecified atom stereocenters. The number of nitrogens with two attached hydrogens (primary N) is 1. The molecular formula is C10H17NO3. The molecule has 4 heteroatoms. The molecule has 0 spiro atoms. The van der Waals surface area contributed by atoms with Crippen LogP contribution < -0.4 is 5.73 Å². The van der Waals surface area contributed by atoms with E-state index in [9.17, 15) is 4.79 Å². The average Bonchev–Trinajstić information content (AvgIpc) is 2.58. The van der Waals surface area contributed by atoms with Gasteiger partial charge >= 0.3 is 5.97 Å². The molecule has 14 heavy (non-hydrogen) atoms. The van der Waals surface area contributed by atoms with Crippen LogP contribution in [-0.2, 0) is 14.3 Å². The van der Waals surface area contributed by atoms with E-state index in [1.165, 1.54) is 0 Å². The molecule has 4 nitrogen and oxygen atoms in total. The number of esters is 1. The largest absolute Gasteiger partial charge is 0.457 e. The summed E-state index contributed by atoms with van der Waals surface area (Å²) >= 11 is 0. The molecule has 0 aromatic heterocycles. The molecule has 1 heterocycles. The zero-order valence-electron chi connectivity index (χ0n) is 8.28. The van der Waals surface area contributed by atoms with Crippen molar-refractivity contribution >= 4 is 5.97 Å². The minimum Gasteiger partial charge on any atom is -0.457 e. The molecule has 0 bridgehead atoms. The van der Waals surface area contributed by atoms with Gasteiger partial charge in [0, 0.05) is 0 Å². The Hall–Kier alpha value is -0.610. The molecule has 1 saturated heterocycles. The summed E-state index contributed by atoms with van der Waals surface area (Å²) in [5, 5.41) is 0. The molecule has 1 aliphatic carbocycles. The smallest absolute Gasteiger partial charge is 0.309 e. The Morgan fingerprint density at radius 1 is 1.43 bits per heavy atom. The summed E-state index contributed by atoms with van der Waals surface area (Å²) in [6.07, 6.45) is 3.11. The fourth-order valence-electron chi connectivity index (χ4n) is 2.16. The molecule has 2 fully saturated rings. The topological polar surface area (TPSA) is 61.6 Å². The molecule has 0 amide bonds. The lowest BCUT2D eigenvalue weighted by Gasteiger charge is -2.28. The monoisotopic (exact) mass is 199 g/mol. The summed E-state index contributed by atoms with van der Waals surface area (Å²) in [5.41, 5.74) is 5.61. The average molecular weight is 199 g/mol. The highest BCUT2D eigenvalue weighted by atomic mass is 16.6. The first kappa shape index (κ1) is 9.93. The second kappa shape index (κ2) is 4.28. The maximum absolute atomic E-state index is 11.7. The van der Waals surface area contributed by atoms with Gasteiger partial charge in [0.2, 0.25) is 0 Å². The fourth-order valence-corrected chi connectivity index (χ4v) is 2.16. The second-order valence-corrected chi connectivity index (χ2v) is 4.13. The van der Waals surface area contributed by atoms with Gasteiger partial charge in [0.05, 0.1) is 19.1 Å². The number of ether oxygens (including phenoxy) is 2. The normalized spacial score (nSPS) is 32.6. The van der Waals surface area contributed by atoms with E-state index in [1.54, 1.807) is 0 Å². The first-order valence-electron chi connectivity index (χ1n) is 5.29. The number of rotatable bonds is 3. The van der Waals surface area contributed by atoms with Crippen molar-refractivity contribution in [3.8, 4) is 0 Å². The van der Waals surface area contributed by atoms with Crippen LogP contribution in [0, 0.1) is 11.8 Å². The standard InChI is InChI=1S/C10H17NO3/c11-4-7-2-1-3-9(7)10(12)14-8-5-13-6-8/h7-9H,1-6,11H2. The van der Waals surface area contributed by atoms with Gasteiger partial charge in [-0.25, -0.2) is 0 Å². The number of hydrogen-bond donors (Lipinski definition) is 1. The number of hydrogen-bond acceptors (Lipinski definition) is 4. The van der Waals surface area contributed by atoms with Crippen molar-refractivity contribution in [2.75, 3.05) is 19.8 Å². The lowest BCUT2D eigenvalue weighted by molar-refractivity contribution is -0.177. The Labute approximate surface area is 83.7 Å². The molecule has 2 N–H and O–H groups in total. The van der Waals surface area contributed by atoms with Gasteiger partial charge in [-0.15, -0.1) is 0 Å². The molecule has 2 atom stereocenters. The van der Waals surface area contributed by atoms with Gasteiger partial charge in [-0.3, -0.25) is 4.79 Å². The van der Waals surface area contributed by atoms with E-state index < -0.39 is 0 Å². The third kappa shape index (κ3) is 1.91. The Balaban J connectivity index is 1.83. The first-order chi connectivity index (χ1) is 6.81. The van der Waals surface area contributed by atoms with Crippen molar-refractivity contribution in [1.29, 1.82) is 0 Å². The van der Waals surface area contributed by atoms with E-state index in [0.29, 0.717) is 25.7 Å². The van der Waals surface area contributed by atoms with Crippen LogP contribution in [-0.4, -0.2) is 31.8 Å². The Morgan fingerprint density at radius 3 is 2.79 bits per heavy atom. The highest BCUT2D eigenvalue weighted by Gasteiger charge is 2.35. The van der Waals surface area contributed by atoms with Crippen LogP contribution in [0.4, 0.5) is 0 Å². The van der Waals surface area contributed by atoms with E-state index in [-0.39, 0.29) is 18.0 Å². The van der Waals surface area contributed by atoms with Gasteiger partial charge < -0.3 is 15.2 Å². The van der Waals surface area contributed by atoms with E-state index in [1.807, 2.05) is 0 Å². The first-order valence-corrected chi connectivity index (χ1v) is 5.29. The highest BCUT2D eigenvalue weighted by Crippen LogP contribution is 2.32. The van der Waals surface area contributed by atoms with Crippen molar-refractivity contribution in [2.24, 2.45) is 17.6 Å². The SMILES string of the molecule is NCC1CCCC1C(=O)OC1COC1. The van der Waals surface area contributed by atoms with Crippen LogP contribution in [0.2, 0.25) is 0 Å². The maximum Gasteiger partial charge on any atom is 0.309 e. The fraction of sp³-hybridized carbons (Fsp3) is 0.900. The lowest BCUT2D eigenvalue weighted by atomic mass is 9.96. The molecule has 0 aromatic rings. The summed E-state index contributed by atoms with van der Waals surface area (Å²) in [5.74, 6) is 0.315. The Kier molecular flexibility index (Phi) is 3.03. The Bertz CT molecular complexity index is 215. The van der Waals surface area contributed by atoms with E-state index in [4.69, 9.17) is 15.2 Å². The van der Waals surface area contributed by atoms with Gasteiger partial charge in [-0.05, 0) is 25.3 Å². The van der Waals surface area contributed by atoms with Crippen LogP contribution in [0.3, 0.4) is 0 Å². The van der Waals surface area contributed by atoms with Gasteiger partial charge in [0.1, 0.15) is 6.10 Å².